The van der Waals surface area contributed by atoms with Gasteiger partial charge in [-0.25, -0.2) is 12.7 Å². The highest BCUT2D eigenvalue weighted by atomic mass is 35.5. The molecule has 1 spiro atoms. The Morgan fingerprint density at radius 3 is 2.65 bits per heavy atom. The topological polar surface area (TPSA) is 75.7 Å². The lowest BCUT2D eigenvalue weighted by Gasteiger charge is -2.33. The van der Waals surface area contributed by atoms with E-state index in [4.69, 9.17) is 4.74 Å². The van der Waals surface area contributed by atoms with Crippen LogP contribution in [0.15, 0.2) is 0 Å². The predicted molar refractivity (Wildman–Crippen MR) is 90.0 cm³/mol. The van der Waals surface area contributed by atoms with Crippen molar-refractivity contribution in [2.24, 2.45) is 11.3 Å². The summed E-state index contributed by atoms with van der Waals surface area (Å²) >= 11 is 0. The molecule has 3 unspecified atom stereocenters. The second-order valence-corrected chi connectivity index (χ2v) is 9.16. The SMILES string of the molecule is COC(=O)C1CCCCC1S(=O)(=O)N1CCC2(CCNC2)C1.Cl. The van der Waals surface area contributed by atoms with Crippen molar-refractivity contribution >= 4 is 28.4 Å². The van der Waals surface area contributed by atoms with Gasteiger partial charge < -0.3 is 10.1 Å². The number of carbonyl (C=O) groups excluding carboxylic acids is 1. The Kier molecular flexibility index (Phi) is 5.98. The van der Waals surface area contributed by atoms with E-state index in [1.807, 2.05) is 0 Å². The van der Waals surface area contributed by atoms with E-state index in [1.165, 1.54) is 7.11 Å². The van der Waals surface area contributed by atoms with Crippen LogP contribution in [0, 0.1) is 11.3 Å². The maximum absolute atomic E-state index is 13.1. The number of rotatable bonds is 3. The molecule has 0 amide bonds. The van der Waals surface area contributed by atoms with Crippen molar-refractivity contribution in [1.29, 1.82) is 0 Å². The first-order chi connectivity index (χ1) is 10.5. The van der Waals surface area contributed by atoms with E-state index in [9.17, 15) is 13.2 Å². The highest BCUT2D eigenvalue weighted by molar-refractivity contribution is 7.89. The van der Waals surface area contributed by atoms with Gasteiger partial charge in [-0.05, 0) is 37.6 Å². The van der Waals surface area contributed by atoms with Crippen LogP contribution < -0.4 is 5.32 Å². The number of halogens is 1. The molecule has 6 nitrogen and oxygen atoms in total. The summed E-state index contributed by atoms with van der Waals surface area (Å²) in [5, 5.41) is 2.75. The van der Waals surface area contributed by atoms with Crippen LogP contribution in [0.25, 0.3) is 0 Å². The molecule has 0 aromatic carbocycles. The van der Waals surface area contributed by atoms with Gasteiger partial charge in [-0.2, -0.15) is 0 Å². The molecule has 3 atom stereocenters. The van der Waals surface area contributed by atoms with Crippen LogP contribution in [0.1, 0.15) is 38.5 Å². The number of methoxy groups -OCH3 is 1. The number of nitrogens with zero attached hydrogens (tertiary/aromatic N) is 1. The fraction of sp³-hybridized carbons (Fsp3) is 0.933. The number of esters is 1. The van der Waals surface area contributed by atoms with Gasteiger partial charge in [0.25, 0.3) is 0 Å². The molecule has 3 aliphatic rings. The van der Waals surface area contributed by atoms with Crippen LogP contribution >= 0.6 is 12.4 Å². The summed E-state index contributed by atoms with van der Waals surface area (Å²) in [6.07, 6.45) is 4.94. The number of carbonyl (C=O) groups is 1. The van der Waals surface area contributed by atoms with Crippen molar-refractivity contribution in [2.45, 2.75) is 43.8 Å². The molecule has 8 heteroatoms. The van der Waals surface area contributed by atoms with Gasteiger partial charge >= 0.3 is 5.97 Å². The van der Waals surface area contributed by atoms with Gasteiger partial charge in [0.2, 0.25) is 10.0 Å². The normalized spacial score (nSPS) is 35.2. The molecular formula is C15H27ClN2O4S. The molecule has 2 saturated heterocycles. The maximum atomic E-state index is 13.1. The van der Waals surface area contributed by atoms with Crippen molar-refractivity contribution in [3.8, 4) is 0 Å². The van der Waals surface area contributed by atoms with E-state index >= 15 is 0 Å². The number of nitrogens with one attached hydrogen (secondary N) is 1. The highest BCUT2D eigenvalue weighted by Gasteiger charge is 2.49. The third-order valence-corrected chi connectivity index (χ3v) is 8.05. The molecule has 1 N–H and O–H groups in total. The van der Waals surface area contributed by atoms with Crippen LogP contribution in [-0.4, -0.2) is 57.2 Å². The Hall–Kier alpha value is -0.370. The smallest absolute Gasteiger partial charge is 0.310 e. The lowest BCUT2D eigenvalue weighted by Crippen LogP contribution is -2.46. The Balaban J connectivity index is 0.00000192. The van der Waals surface area contributed by atoms with Crippen molar-refractivity contribution in [3.63, 3.8) is 0 Å². The number of hydrogen-bond donors (Lipinski definition) is 1. The lowest BCUT2D eigenvalue weighted by molar-refractivity contribution is -0.146. The molecule has 134 valence electrons. The molecule has 0 bridgehead atoms. The highest BCUT2D eigenvalue weighted by Crippen LogP contribution is 2.40. The molecule has 1 aliphatic carbocycles. The third-order valence-electron chi connectivity index (χ3n) is 5.68. The first-order valence-electron chi connectivity index (χ1n) is 8.26. The molecule has 2 aliphatic heterocycles. The van der Waals surface area contributed by atoms with Crippen LogP contribution in [0.4, 0.5) is 0 Å². The Morgan fingerprint density at radius 1 is 1.26 bits per heavy atom. The zero-order valence-corrected chi connectivity index (χ0v) is 15.3. The van der Waals surface area contributed by atoms with Crippen LogP contribution in [-0.2, 0) is 19.6 Å². The Bertz CT molecular complexity index is 534. The Morgan fingerprint density at radius 2 is 2.00 bits per heavy atom. The lowest BCUT2D eigenvalue weighted by atomic mass is 9.87. The van der Waals surface area contributed by atoms with Crippen LogP contribution in [0.3, 0.4) is 0 Å². The Labute approximate surface area is 144 Å². The monoisotopic (exact) mass is 366 g/mol. The molecule has 0 aromatic rings. The minimum atomic E-state index is -3.42. The van der Waals surface area contributed by atoms with E-state index in [0.29, 0.717) is 25.9 Å². The minimum absolute atomic E-state index is 0. The second-order valence-electron chi connectivity index (χ2n) is 7.01. The van der Waals surface area contributed by atoms with E-state index in [0.717, 1.165) is 38.8 Å². The summed E-state index contributed by atoms with van der Waals surface area (Å²) in [5.74, 6) is -0.869. The van der Waals surface area contributed by atoms with Crippen molar-refractivity contribution in [2.75, 3.05) is 33.3 Å². The average molecular weight is 367 g/mol. The fourth-order valence-electron chi connectivity index (χ4n) is 4.32. The van der Waals surface area contributed by atoms with Crippen LogP contribution in [0.5, 0.6) is 0 Å². The van der Waals surface area contributed by atoms with Crippen molar-refractivity contribution in [1.82, 2.24) is 9.62 Å². The molecule has 3 fully saturated rings. The molecule has 23 heavy (non-hydrogen) atoms. The van der Waals surface area contributed by atoms with Gasteiger partial charge in [-0.1, -0.05) is 12.8 Å². The summed E-state index contributed by atoms with van der Waals surface area (Å²) in [4.78, 5) is 12.0. The molecule has 1 saturated carbocycles. The van der Waals surface area contributed by atoms with Gasteiger partial charge in [-0.3, -0.25) is 4.79 Å². The molecule has 0 radical (unpaired) electrons. The fourth-order valence-corrected chi connectivity index (χ4v) is 6.63. The third kappa shape index (κ3) is 3.52. The van der Waals surface area contributed by atoms with E-state index < -0.39 is 21.2 Å². The maximum Gasteiger partial charge on any atom is 0.310 e. The van der Waals surface area contributed by atoms with Gasteiger partial charge in [0.15, 0.2) is 0 Å². The summed E-state index contributed by atoms with van der Waals surface area (Å²) in [6, 6.07) is 0. The summed E-state index contributed by atoms with van der Waals surface area (Å²) in [6.45, 7) is 3.08. The van der Waals surface area contributed by atoms with E-state index in [2.05, 4.69) is 5.32 Å². The van der Waals surface area contributed by atoms with Gasteiger partial charge in [-0.15, -0.1) is 12.4 Å². The molecule has 0 aromatic heterocycles. The summed E-state index contributed by atoms with van der Waals surface area (Å²) < 4.78 is 32.6. The first kappa shape index (κ1) is 19.0. The first-order valence-corrected chi connectivity index (χ1v) is 9.76. The quantitative estimate of drug-likeness (QED) is 0.758. The van der Waals surface area contributed by atoms with Gasteiger partial charge in [0, 0.05) is 19.6 Å². The van der Waals surface area contributed by atoms with Crippen molar-refractivity contribution in [3.05, 3.63) is 0 Å². The molecular weight excluding hydrogens is 340 g/mol. The minimum Gasteiger partial charge on any atom is -0.469 e. The zero-order valence-electron chi connectivity index (χ0n) is 13.6. The van der Waals surface area contributed by atoms with Gasteiger partial charge in [0.05, 0.1) is 18.3 Å². The molecule has 3 rings (SSSR count). The van der Waals surface area contributed by atoms with Crippen LogP contribution in [0.2, 0.25) is 0 Å². The second kappa shape index (κ2) is 7.25. The summed E-state index contributed by atoms with van der Waals surface area (Å²) in [7, 11) is -2.08. The number of sulfonamides is 1. The average Bonchev–Trinajstić information content (AvgIpc) is 3.17. The number of hydrogen-bond acceptors (Lipinski definition) is 5. The standard InChI is InChI=1S/C15H26N2O4S.ClH/c1-21-14(18)12-4-2-3-5-13(12)22(19,20)17-9-7-15(11-17)6-8-16-10-15;/h12-13,16H,2-11H2,1H3;1H. The largest absolute Gasteiger partial charge is 0.469 e. The zero-order chi connectivity index (χ0) is 15.8. The number of ether oxygens (including phenoxy) is 1. The predicted octanol–water partition coefficient (Wildman–Crippen LogP) is 1.16. The summed E-state index contributed by atoms with van der Waals surface area (Å²) in [5.41, 5.74) is 0.114. The van der Waals surface area contributed by atoms with E-state index in [-0.39, 0.29) is 23.8 Å². The van der Waals surface area contributed by atoms with Crippen molar-refractivity contribution < 1.29 is 17.9 Å². The molecule has 2 heterocycles. The van der Waals surface area contributed by atoms with E-state index in [1.54, 1.807) is 4.31 Å². The van der Waals surface area contributed by atoms with Gasteiger partial charge in [0.1, 0.15) is 0 Å².